The maximum atomic E-state index is 14.5. The number of ether oxygens (including phenoxy) is 2. The summed E-state index contributed by atoms with van der Waals surface area (Å²) in [7, 11) is 0. The predicted octanol–water partition coefficient (Wildman–Crippen LogP) is 5.72. The molecule has 1 N–H and O–H groups in total. The smallest absolute Gasteiger partial charge is 0.341 e. The van der Waals surface area contributed by atoms with Crippen LogP contribution in [0.3, 0.4) is 0 Å². The standard InChI is InChI=1S/C27H26FNO5S/c1-2-33-25(31)23-19(18-10-4-3-5-11-18)17-35-24(23)29-22(30)16-34-26(32)27(14-8-9-15-27)20-12-6-7-13-21(20)28/h3-7,10-13,17H,2,8-9,14-16H2,1H3,(H,29,30). The van der Waals surface area contributed by atoms with E-state index in [0.717, 1.165) is 18.4 Å². The molecule has 1 heterocycles. The average molecular weight is 496 g/mol. The monoisotopic (exact) mass is 495 g/mol. The number of thiophene rings is 1. The van der Waals surface area contributed by atoms with Crippen molar-refractivity contribution in [3.63, 3.8) is 0 Å². The third kappa shape index (κ3) is 5.12. The van der Waals surface area contributed by atoms with Crippen molar-refractivity contribution in [2.75, 3.05) is 18.5 Å². The summed E-state index contributed by atoms with van der Waals surface area (Å²) in [4.78, 5) is 38.5. The van der Waals surface area contributed by atoms with E-state index in [4.69, 9.17) is 9.47 Å². The molecule has 0 spiro atoms. The molecule has 1 saturated carbocycles. The molecular formula is C27H26FNO5S. The van der Waals surface area contributed by atoms with Crippen LogP contribution in [0.1, 0.15) is 48.5 Å². The van der Waals surface area contributed by atoms with Crippen LogP contribution in [0, 0.1) is 5.82 Å². The lowest BCUT2D eigenvalue weighted by Crippen LogP contribution is -2.37. The zero-order chi connectivity index (χ0) is 24.8. The van der Waals surface area contributed by atoms with Crippen molar-refractivity contribution < 1.29 is 28.2 Å². The maximum absolute atomic E-state index is 14.5. The summed E-state index contributed by atoms with van der Waals surface area (Å²) < 4.78 is 25.1. The number of nitrogens with one attached hydrogen (secondary N) is 1. The second-order valence-electron chi connectivity index (χ2n) is 8.33. The van der Waals surface area contributed by atoms with E-state index in [0.29, 0.717) is 29.0 Å². The van der Waals surface area contributed by atoms with Crippen molar-refractivity contribution >= 4 is 34.2 Å². The van der Waals surface area contributed by atoms with Crippen LogP contribution < -0.4 is 5.32 Å². The van der Waals surface area contributed by atoms with Gasteiger partial charge in [-0.15, -0.1) is 11.3 Å². The second-order valence-corrected chi connectivity index (χ2v) is 9.21. The number of hydrogen-bond donors (Lipinski definition) is 1. The van der Waals surface area contributed by atoms with Gasteiger partial charge in [-0.1, -0.05) is 61.4 Å². The largest absolute Gasteiger partial charge is 0.462 e. The molecule has 4 rings (SSSR count). The van der Waals surface area contributed by atoms with Gasteiger partial charge in [-0.05, 0) is 31.4 Å². The number of rotatable bonds is 8. The van der Waals surface area contributed by atoms with Crippen LogP contribution in [0.5, 0.6) is 0 Å². The predicted molar refractivity (Wildman–Crippen MR) is 132 cm³/mol. The Bertz CT molecular complexity index is 1220. The van der Waals surface area contributed by atoms with Crippen molar-refractivity contribution in [1.29, 1.82) is 0 Å². The lowest BCUT2D eigenvalue weighted by Gasteiger charge is -2.27. The van der Waals surface area contributed by atoms with Crippen LogP contribution in [0.25, 0.3) is 11.1 Å². The van der Waals surface area contributed by atoms with Gasteiger partial charge in [0.2, 0.25) is 0 Å². The lowest BCUT2D eigenvalue weighted by molar-refractivity contribution is -0.153. The van der Waals surface area contributed by atoms with Gasteiger partial charge >= 0.3 is 11.9 Å². The van der Waals surface area contributed by atoms with E-state index in [1.54, 1.807) is 30.5 Å². The molecule has 1 aliphatic rings. The van der Waals surface area contributed by atoms with Crippen molar-refractivity contribution in [2.45, 2.75) is 38.0 Å². The van der Waals surface area contributed by atoms with Crippen molar-refractivity contribution in [3.8, 4) is 11.1 Å². The third-order valence-corrected chi connectivity index (χ3v) is 7.08. The quantitative estimate of drug-likeness (QED) is 0.404. The van der Waals surface area contributed by atoms with Gasteiger partial charge in [-0.2, -0.15) is 0 Å². The first-order valence-corrected chi connectivity index (χ1v) is 12.4. The van der Waals surface area contributed by atoms with Crippen molar-refractivity contribution in [2.24, 2.45) is 0 Å². The molecule has 1 aliphatic carbocycles. The minimum absolute atomic E-state index is 0.187. The number of anilines is 1. The number of hydrogen-bond acceptors (Lipinski definition) is 6. The summed E-state index contributed by atoms with van der Waals surface area (Å²) >= 11 is 1.19. The molecule has 3 aromatic rings. The van der Waals surface area contributed by atoms with E-state index >= 15 is 0 Å². The molecule has 0 unspecified atom stereocenters. The molecule has 2 aromatic carbocycles. The van der Waals surface area contributed by atoms with Crippen LogP contribution in [0.4, 0.5) is 9.39 Å². The van der Waals surface area contributed by atoms with Gasteiger partial charge in [0.1, 0.15) is 16.4 Å². The Morgan fingerprint density at radius 2 is 1.69 bits per heavy atom. The molecule has 0 atom stereocenters. The van der Waals surface area contributed by atoms with E-state index in [-0.39, 0.29) is 12.2 Å². The first-order valence-electron chi connectivity index (χ1n) is 11.5. The topological polar surface area (TPSA) is 81.7 Å². The normalized spacial score (nSPS) is 14.3. The highest BCUT2D eigenvalue weighted by Gasteiger charge is 2.46. The van der Waals surface area contributed by atoms with Crippen LogP contribution in [0.15, 0.2) is 60.0 Å². The molecule has 0 saturated heterocycles. The highest BCUT2D eigenvalue weighted by molar-refractivity contribution is 7.15. The van der Waals surface area contributed by atoms with Crippen LogP contribution in [0.2, 0.25) is 0 Å². The lowest BCUT2D eigenvalue weighted by atomic mass is 9.78. The second kappa shape index (κ2) is 10.8. The number of halogens is 1. The molecular weight excluding hydrogens is 469 g/mol. The number of carbonyl (C=O) groups excluding carboxylic acids is 3. The fourth-order valence-corrected chi connectivity index (χ4v) is 5.50. The highest BCUT2D eigenvalue weighted by Crippen LogP contribution is 2.43. The molecule has 182 valence electrons. The van der Waals surface area contributed by atoms with Gasteiger partial charge in [0.25, 0.3) is 5.91 Å². The van der Waals surface area contributed by atoms with Gasteiger partial charge in [0.15, 0.2) is 6.61 Å². The van der Waals surface area contributed by atoms with Gasteiger partial charge in [0, 0.05) is 16.5 Å². The zero-order valence-corrected chi connectivity index (χ0v) is 20.2. The number of carbonyl (C=O) groups is 3. The Kier molecular flexibility index (Phi) is 7.60. The summed E-state index contributed by atoms with van der Waals surface area (Å²) in [6.45, 7) is 1.35. The van der Waals surface area contributed by atoms with Crippen LogP contribution in [-0.2, 0) is 24.5 Å². The number of benzene rings is 2. The minimum Gasteiger partial charge on any atom is -0.462 e. The van der Waals surface area contributed by atoms with Crippen LogP contribution in [-0.4, -0.2) is 31.1 Å². The van der Waals surface area contributed by atoms with Crippen molar-refractivity contribution in [1.82, 2.24) is 0 Å². The fourth-order valence-electron chi connectivity index (χ4n) is 4.53. The van der Waals surface area contributed by atoms with E-state index in [1.165, 1.54) is 17.4 Å². The third-order valence-electron chi connectivity index (χ3n) is 6.18. The Labute approximate surface area is 207 Å². The zero-order valence-electron chi connectivity index (χ0n) is 19.3. The molecule has 35 heavy (non-hydrogen) atoms. The Morgan fingerprint density at radius 3 is 2.37 bits per heavy atom. The SMILES string of the molecule is CCOC(=O)c1c(-c2ccccc2)csc1NC(=O)COC(=O)C1(c2ccccc2F)CCCC1. The summed E-state index contributed by atoms with van der Waals surface area (Å²) in [5, 5.41) is 4.76. The minimum atomic E-state index is -1.09. The average Bonchev–Trinajstić information content (AvgIpc) is 3.52. The molecule has 6 nitrogen and oxygen atoms in total. The van der Waals surface area contributed by atoms with E-state index < -0.39 is 35.7 Å². The first kappa shape index (κ1) is 24.6. The fraction of sp³-hybridized carbons (Fsp3) is 0.296. The summed E-state index contributed by atoms with van der Waals surface area (Å²) in [5.74, 6) is -2.21. The molecule has 0 radical (unpaired) electrons. The summed E-state index contributed by atoms with van der Waals surface area (Å²) in [6, 6.07) is 15.5. The van der Waals surface area contributed by atoms with E-state index in [2.05, 4.69) is 5.32 Å². The summed E-state index contributed by atoms with van der Waals surface area (Å²) in [5.41, 5.74) is 0.919. The highest BCUT2D eigenvalue weighted by atomic mass is 32.1. The molecule has 0 aliphatic heterocycles. The molecule has 0 bridgehead atoms. The van der Waals surface area contributed by atoms with Gasteiger partial charge in [0.05, 0.1) is 12.0 Å². The number of esters is 2. The molecule has 8 heteroatoms. The first-order chi connectivity index (χ1) is 17.0. The Morgan fingerprint density at radius 1 is 1.00 bits per heavy atom. The summed E-state index contributed by atoms with van der Waals surface area (Å²) in [6.07, 6.45) is 2.48. The number of amides is 1. The molecule has 1 fully saturated rings. The van der Waals surface area contributed by atoms with E-state index in [9.17, 15) is 18.8 Å². The maximum Gasteiger partial charge on any atom is 0.341 e. The van der Waals surface area contributed by atoms with Gasteiger partial charge < -0.3 is 14.8 Å². The van der Waals surface area contributed by atoms with Gasteiger partial charge in [-0.25, -0.2) is 9.18 Å². The Hall–Kier alpha value is -3.52. The molecule has 1 amide bonds. The van der Waals surface area contributed by atoms with Crippen molar-refractivity contribution in [3.05, 3.63) is 76.9 Å². The van der Waals surface area contributed by atoms with E-state index in [1.807, 2.05) is 30.3 Å². The van der Waals surface area contributed by atoms with Gasteiger partial charge in [-0.3, -0.25) is 9.59 Å². The van der Waals surface area contributed by atoms with Crippen LogP contribution >= 0.6 is 11.3 Å². The Balaban J connectivity index is 1.50. The molecule has 1 aromatic heterocycles.